The van der Waals surface area contributed by atoms with Gasteiger partial charge in [-0.15, -0.1) is 0 Å². The molecule has 4 heteroatoms. The molecule has 2 aromatic rings. The highest BCUT2D eigenvalue weighted by atomic mass is 16.5. The van der Waals surface area contributed by atoms with Crippen molar-refractivity contribution >= 4 is 5.97 Å². The molecule has 168 valence electrons. The summed E-state index contributed by atoms with van der Waals surface area (Å²) in [4.78, 5) is 20.7. The lowest BCUT2D eigenvalue weighted by Crippen LogP contribution is -2.08. The van der Waals surface area contributed by atoms with Crippen LogP contribution in [-0.4, -0.2) is 15.9 Å². The first-order valence-electron chi connectivity index (χ1n) is 12.0. The van der Waals surface area contributed by atoms with Crippen LogP contribution in [0.4, 0.5) is 0 Å². The summed E-state index contributed by atoms with van der Waals surface area (Å²) in [5, 5.41) is 0. The zero-order valence-corrected chi connectivity index (χ0v) is 19.3. The van der Waals surface area contributed by atoms with E-state index in [4.69, 9.17) is 4.74 Å². The van der Waals surface area contributed by atoms with Crippen molar-refractivity contribution in [3.8, 4) is 6.01 Å². The van der Waals surface area contributed by atoms with Gasteiger partial charge in [0.15, 0.2) is 0 Å². The molecule has 1 heterocycles. The van der Waals surface area contributed by atoms with E-state index in [-0.39, 0.29) is 11.9 Å². The monoisotopic (exact) mass is 422 g/mol. The summed E-state index contributed by atoms with van der Waals surface area (Å²) in [7, 11) is 0. The predicted octanol–water partition coefficient (Wildman–Crippen LogP) is 7.21. The molecule has 1 atom stereocenters. The Hall–Kier alpha value is -2.49. The number of unbranched alkanes of at least 4 members (excludes halogenated alkanes) is 7. The van der Waals surface area contributed by atoms with E-state index in [0.717, 1.165) is 31.2 Å². The lowest BCUT2D eigenvalue weighted by atomic mass is 9.92. The molecular weight excluding hydrogens is 384 g/mol. The predicted molar refractivity (Wildman–Crippen MR) is 127 cm³/mol. The molecule has 1 unspecified atom stereocenters. The van der Waals surface area contributed by atoms with Crippen molar-refractivity contribution in [1.29, 1.82) is 0 Å². The van der Waals surface area contributed by atoms with Crippen LogP contribution >= 0.6 is 0 Å². The van der Waals surface area contributed by atoms with E-state index in [1.807, 2.05) is 24.3 Å². The summed E-state index contributed by atoms with van der Waals surface area (Å²) in [5.74, 6) is -0.219. The first-order chi connectivity index (χ1) is 15.2. The van der Waals surface area contributed by atoms with Crippen molar-refractivity contribution in [3.63, 3.8) is 0 Å². The zero-order valence-electron chi connectivity index (χ0n) is 19.3. The van der Waals surface area contributed by atoms with Gasteiger partial charge in [0.05, 0.1) is 0 Å². The van der Waals surface area contributed by atoms with Gasteiger partial charge in [0.2, 0.25) is 0 Å². The normalized spacial score (nSPS) is 12.2. The van der Waals surface area contributed by atoms with Gasteiger partial charge >= 0.3 is 12.0 Å². The average molecular weight is 423 g/mol. The lowest BCUT2D eigenvalue weighted by Gasteiger charge is -2.13. The standard InChI is InChI=1S/C27H38N2O2/c1-3-5-7-9-11-15-23-21-28-27(29-22-23)31-26(30)20-19-25(18-12-8-6-4-2)24-16-13-10-14-17-24/h10,13-14,16-17,19-22,25H,3-9,11-12,15,18H2,1-2H3/b20-19+. The van der Waals surface area contributed by atoms with Gasteiger partial charge in [-0.05, 0) is 30.4 Å². The van der Waals surface area contributed by atoms with Gasteiger partial charge in [-0.1, -0.05) is 102 Å². The minimum atomic E-state index is -0.429. The van der Waals surface area contributed by atoms with Crippen LogP contribution in [0.1, 0.15) is 95.1 Å². The third-order valence-electron chi connectivity index (χ3n) is 5.50. The topological polar surface area (TPSA) is 52.1 Å². The molecule has 0 spiro atoms. The largest absolute Gasteiger partial charge is 0.388 e. The number of aryl methyl sites for hydroxylation is 1. The molecular formula is C27H38N2O2. The maximum Gasteiger partial charge on any atom is 0.338 e. The number of aromatic nitrogens is 2. The van der Waals surface area contributed by atoms with E-state index in [1.165, 1.54) is 56.6 Å². The summed E-state index contributed by atoms with van der Waals surface area (Å²) in [6, 6.07) is 10.4. The Kier molecular flexibility index (Phi) is 12.3. The van der Waals surface area contributed by atoms with Crippen LogP contribution in [0.15, 0.2) is 54.9 Å². The fraction of sp³-hybridized carbons (Fsp3) is 0.519. The van der Waals surface area contributed by atoms with Gasteiger partial charge in [-0.2, -0.15) is 0 Å². The fourth-order valence-electron chi connectivity index (χ4n) is 3.64. The third-order valence-corrected chi connectivity index (χ3v) is 5.50. The van der Waals surface area contributed by atoms with Crippen molar-refractivity contribution in [2.75, 3.05) is 0 Å². The van der Waals surface area contributed by atoms with E-state index in [9.17, 15) is 4.79 Å². The first-order valence-corrected chi connectivity index (χ1v) is 12.0. The molecule has 0 fully saturated rings. The van der Waals surface area contributed by atoms with E-state index in [0.29, 0.717) is 0 Å². The molecule has 0 aliphatic rings. The van der Waals surface area contributed by atoms with Gasteiger partial charge in [0.25, 0.3) is 0 Å². The van der Waals surface area contributed by atoms with Crippen LogP contribution in [0.25, 0.3) is 0 Å². The number of nitrogens with zero attached hydrogens (tertiary/aromatic N) is 2. The van der Waals surface area contributed by atoms with Crippen molar-refractivity contribution in [3.05, 3.63) is 66.0 Å². The quantitative estimate of drug-likeness (QED) is 0.173. The SMILES string of the molecule is CCCCCCCc1cnc(OC(=O)/C=C/C(CCCCCC)c2ccccc2)nc1. The maximum atomic E-state index is 12.3. The zero-order chi connectivity index (χ0) is 22.2. The molecule has 0 saturated heterocycles. The van der Waals surface area contributed by atoms with Crippen molar-refractivity contribution in [2.45, 2.75) is 90.4 Å². The number of hydrogen-bond donors (Lipinski definition) is 0. The molecule has 0 aliphatic carbocycles. The van der Waals surface area contributed by atoms with Gasteiger partial charge in [-0.25, -0.2) is 14.8 Å². The Morgan fingerprint density at radius 1 is 0.903 bits per heavy atom. The number of benzene rings is 1. The molecule has 2 rings (SSSR count). The van der Waals surface area contributed by atoms with Crippen LogP contribution in [0.5, 0.6) is 6.01 Å². The summed E-state index contributed by atoms with van der Waals surface area (Å²) in [6.07, 6.45) is 20.0. The van der Waals surface area contributed by atoms with E-state index in [2.05, 4.69) is 35.9 Å². The number of ether oxygens (including phenoxy) is 1. The molecule has 0 bridgehead atoms. The molecule has 0 amide bonds. The summed E-state index contributed by atoms with van der Waals surface area (Å²) >= 11 is 0. The number of carbonyl (C=O) groups is 1. The van der Waals surface area contributed by atoms with Crippen LogP contribution in [0.3, 0.4) is 0 Å². The number of hydrogen-bond acceptors (Lipinski definition) is 4. The number of carbonyl (C=O) groups excluding carboxylic acids is 1. The molecule has 1 aromatic carbocycles. The Morgan fingerprint density at radius 3 is 2.23 bits per heavy atom. The Bertz CT molecular complexity index is 757. The van der Waals surface area contributed by atoms with Gasteiger partial charge in [0.1, 0.15) is 0 Å². The summed E-state index contributed by atoms with van der Waals surface area (Å²) < 4.78 is 5.31. The average Bonchev–Trinajstić information content (AvgIpc) is 2.80. The second-order valence-corrected chi connectivity index (χ2v) is 8.18. The van der Waals surface area contributed by atoms with E-state index in [1.54, 1.807) is 12.4 Å². The van der Waals surface area contributed by atoms with E-state index < -0.39 is 5.97 Å². The van der Waals surface area contributed by atoms with Gasteiger partial charge in [-0.3, -0.25) is 0 Å². The van der Waals surface area contributed by atoms with Gasteiger partial charge in [0, 0.05) is 24.4 Å². The minimum absolute atomic E-state index is 0.114. The smallest absolute Gasteiger partial charge is 0.338 e. The Balaban J connectivity index is 1.85. The van der Waals surface area contributed by atoms with E-state index >= 15 is 0 Å². The van der Waals surface area contributed by atoms with Crippen LogP contribution in [0, 0.1) is 0 Å². The molecule has 0 saturated carbocycles. The second kappa shape index (κ2) is 15.3. The molecule has 31 heavy (non-hydrogen) atoms. The minimum Gasteiger partial charge on any atom is -0.388 e. The highest BCUT2D eigenvalue weighted by Gasteiger charge is 2.10. The van der Waals surface area contributed by atoms with Crippen LogP contribution in [0.2, 0.25) is 0 Å². The van der Waals surface area contributed by atoms with Gasteiger partial charge < -0.3 is 4.74 Å². The van der Waals surface area contributed by atoms with Crippen molar-refractivity contribution in [2.24, 2.45) is 0 Å². The molecule has 0 radical (unpaired) electrons. The van der Waals surface area contributed by atoms with Crippen LogP contribution < -0.4 is 4.74 Å². The lowest BCUT2D eigenvalue weighted by molar-refractivity contribution is -0.129. The fourth-order valence-corrected chi connectivity index (χ4v) is 3.64. The molecule has 0 N–H and O–H groups in total. The number of rotatable bonds is 15. The summed E-state index contributed by atoms with van der Waals surface area (Å²) in [6.45, 7) is 4.44. The number of esters is 1. The highest BCUT2D eigenvalue weighted by molar-refractivity contribution is 5.83. The first kappa shape index (κ1) is 24.8. The third kappa shape index (κ3) is 10.4. The Morgan fingerprint density at radius 2 is 1.55 bits per heavy atom. The maximum absolute atomic E-state index is 12.3. The highest BCUT2D eigenvalue weighted by Crippen LogP contribution is 2.24. The molecule has 1 aromatic heterocycles. The molecule has 0 aliphatic heterocycles. The van der Waals surface area contributed by atoms with Crippen molar-refractivity contribution in [1.82, 2.24) is 9.97 Å². The second-order valence-electron chi connectivity index (χ2n) is 8.18. The number of allylic oxidation sites excluding steroid dienone is 1. The van der Waals surface area contributed by atoms with Crippen molar-refractivity contribution < 1.29 is 9.53 Å². The van der Waals surface area contributed by atoms with Crippen LogP contribution in [-0.2, 0) is 11.2 Å². The summed E-state index contributed by atoms with van der Waals surface area (Å²) in [5.41, 5.74) is 2.31. The Labute approximate surface area is 188 Å². The molecule has 4 nitrogen and oxygen atoms in total.